The van der Waals surface area contributed by atoms with Crippen LogP contribution in [0.1, 0.15) is 98.8 Å². The Morgan fingerprint density at radius 1 is 0.893 bits per heavy atom. The summed E-state index contributed by atoms with van der Waals surface area (Å²) in [4.78, 5) is 23.6. The molecule has 0 aromatic carbocycles. The summed E-state index contributed by atoms with van der Waals surface area (Å²) in [7, 11) is 0. The van der Waals surface area contributed by atoms with Crippen LogP contribution in [-0.2, 0) is 18.9 Å². The van der Waals surface area contributed by atoms with Crippen molar-refractivity contribution in [2.45, 2.75) is 117 Å². The van der Waals surface area contributed by atoms with Crippen LogP contribution in [0.5, 0.6) is 0 Å². The van der Waals surface area contributed by atoms with Gasteiger partial charge in [0, 0.05) is 6.42 Å². The standard InChI is InChI=1S/C22H40O6/c1-17(2)12-9-7-6-8-10-15-25-20(23)26-18-13-11-14-19(16-18)27-21(24)28-22(3,4)5/h17-19H,6-16H2,1-5H3. The predicted molar refractivity (Wildman–Crippen MR) is 108 cm³/mol. The van der Waals surface area contributed by atoms with Gasteiger partial charge in [0.25, 0.3) is 0 Å². The molecule has 0 N–H and O–H groups in total. The van der Waals surface area contributed by atoms with Crippen LogP contribution in [0.15, 0.2) is 0 Å². The summed E-state index contributed by atoms with van der Waals surface area (Å²) in [5.74, 6) is 0.770. The lowest BCUT2D eigenvalue weighted by Gasteiger charge is -2.29. The Morgan fingerprint density at radius 3 is 2.07 bits per heavy atom. The largest absolute Gasteiger partial charge is 0.509 e. The lowest BCUT2D eigenvalue weighted by molar-refractivity contribution is -0.0548. The maximum Gasteiger partial charge on any atom is 0.509 e. The molecule has 6 nitrogen and oxygen atoms in total. The second-order valence-corrected chi connectivity index (χ2v) is 9.16. The third-order valence-electron chi connectivity index (χ3n) is 4.64. The van der Waals surface area contributed by atoms with Gasteiger partial charge in [-0.05, 0) is 52.4 Å². The SMILES string of the molecule is CC(C)CCCCCCCOC(=O)OC1CCCC(OC(=O)OC(C)(C)C)C1. The Bertz CT molecular complexity index is 454. The van der Waals surface area contributed by atoms with Crippen molar-refractivity contribution in [3.05, 3.63) is 0 Å². The summed E-state index contributed by atoms with van der Waals surface area (Å²) in [6, 6.07) is 0. The highest BCUT2D eigenvalue weighted by molar-refractivity contribution is 5.61. The van der Waals surface area contributed by atoms with E-state index >= 15 is 0 Å². The van der Waals surface area contributed by atoms with Crippen LogP contribution < -0.4 is 0 Å². The molecule has 28 heavy (non-hydrogen) atoms. The molecule has 0 aromatic rings. The molecule has 0 amide bonds. The number of hydrogen-bond acceptors (Lipinski definition) is 6. The van der Waals surface area contributed by atoms with Crippen LogP contribution in [0.3, 0.4) is 0 Å². The van der Waals surface area contributed by atoms with Crippen molar-refractivity contribution in [3.63, 3.8) is 0 Å². The number of hydrogen-bond donors (Lipinski definition) is 0. The van der Waals surface area contributed by atoms with E-state index in [4.69, 9.17) is 18.9 Å². The first kappa shape index (κ1) is 24.6. The minimum absolute atomic E-state index is 0.273. The molecule has 0 aromatic heterocycles. The monoisotopic (exact) mass is 400 g/mol. The zero-order valence-electron chi connectivity index (χ0n) is 18.5. The van der Waals surface area contributed by atoms with Gasteiger partial charge in [0.2, 0.25) is 0 Å². The van der Waals surface area contributed by atoms with E-state index in [0.717, 1.165) is 38.0 Å². The first-order valence-corrected chi connectivity index (χ1v) is 10.9. The van der Waals surface area contributed by atoms with Crippen LogP contribution in [0.25, 0.3) is 0 Å². The van der Waals surface area contributed by atoms with Gasteiger partial charge in [0.15, 0.2) is 0 Å². The average Bonchev–Trinajstić information content (AvgIpc) is 2.55. The van der Waals surface area contributed by atoms with Crippen LogP contribution >= 0.6 is 0 Å². The first-order chi connectivity index (χ1) is 13.2. The quantitative estimate of drug-likeness (QED) is 0.312. The van der Waals surface area contributed by atoms with Gasteiger partial charge in [-0.2, -0.15) is 0 Å². The normalized spacial score (nSPS) is 19.9. The maximum absolute atomic E-state index is 11.9. The molecule has 0 aliphatic heterocycles. The molecule has 1 rings (SSSR count). The Morgan fingerprint density at radius 2 is 1.46 bits per heavy atom. The van der Waals surface area contributed by atoms with Gasteiger partial charge in [0.05, 0.1) is 6.61 Å². The second-order valence-electron chi connectivity index (χ2n) is 9.16. The molecule has 164 valence electrons. The molecule has 0 saturated heterocycles. The molecule has 2 atom stereocenters. The van der Waals surface area contributed by atoms with Crippen molar-refractivity contribution < 1.29 is 28.5 Å². The first-order valence-electron chi connectivity index (χ1n) is 10.9. The summed E-state index contributed by atoms with van der Waals surface area (Å²) >= 11 is 0. The van der Waals surface area contributed by atoms with Crippen LogP contribution in [0, 0.1) is 5.92 Å². The minimum atomic E-state index is -0.672. The van der Waals surface area contributed by atoms with Gasteiger partial charge in [-0.1, -0.05) is 46.0 Å². The van der Waals surface area contributed by atoms with Crippen molar-refractivity contribution in [2.75, 3.05) is 6.61 Å². The van der Waals surface area contributed by atoms with E-state index in [1.165, 1.54) is 25.7 Å². The number of carbonyl (C=O) groups excluding carboxylic acids is 2. The topological polar surface area (TPSA) is 71.1 Å². The predicted octanol–water partition coefficient (Wildman–Crippen LogP) is 6.40. The summed E-state index contributed by atoms with van der Waals surface area (Å²) in [6.45, 7) is 10.3. The van der Waals surface area contributed by atoms with Crippen molar-refractivity contribution in [1.82, 2.24) is 0 Å². The summed E-state index contributed by atoms with van der Waals surface area (Å²) < 4.78 is 21.1. The van der Waals surface area contributed by atoms with Gasteiger partial charge >= 0.3 is 12.3 Å². The smallest absolute Gasteiger partial charge is 0.434 e. The van der Waals surface area contributed by atoms with Crippen molar-refractivity contribution in [3.8, 4) is 0 Å². The third kappa shape index (κ3) is 12.8. The molecular formula is C22H40O6. The fraction of sp³-hybridized carbons (Fsp3) is 0.909. The van der Waals surface area contributed by atoms with E-state index in [2.05, 4.69) is 13.8 Å². The highest BCUT2D eigenvalue weighted by Gasteiger charge is 2.29. The summed E-state index contributed by atoms with van der Waals surface area (Å²) in [5, 5.41) is 0. The highest BCUT2D eigenvalue weighted by atomic mass is 16.7. The fourth-order valence-corrected chi connectivity index (χ4v) is 3.24. The third-order valence-corrected chi connectivity index (χ3v) is 4.64. The molecule has 1 fully saturated rings. The molecule has 0 radical (unpaired) electrons. The lowest BCUT2D eigenvalue weighted by atomic mass is 9.95. The highest BCUT2D eigenvalue weighted by Crippen LogP contribution is 2.25. The molecule has 0 spiro atoms. The van der Waals surface area contributed by atoms with E-state index in [1.54, 1.807) is 20.8 Å². The Kier molecular flexibility index (Phi) is 11.3. The summed E-state index contributed by atoms with van der Waals surface area (Å²) in [6.07, 6.45) is 7.90. The lowest BCUT2D eigenvalue weighted by Crippen LogP contribution is -2.33. The maximum atomic E-state index is 11.9. The zero-order chi connectivity index (χ0) is 21.0. The second kappa shape index (κ2) is 12.9. The molecule has 1 saturated carbocycles. The number of unbranched alkanes of at least 4 members (excludes halogenated alkanes) is 4. The van der Waals surface area contributed by atoms with E-state index in [9.17, 15) is 9.59 Å². The molecular weight excluding hydrogens is 360 g/mol. The minimum Gasteiger partial charge on any atom is -0.434 e. The average molecular weight is 401 g/mol. The summed E-state index contributed by atoms with van der Waals surface area (Å²) in [5.41, 5.74) is -0.583. The molecule has 1 aliphatic carbocycles. The number of carbonyl (C=O) groups is 2. The number of rotatable bonds is 10. The molecule has 6 heteroatoms. The molecule has 2 unspecified atom stereocenters. The van der Waals surface area contributed by atoms with Crippen molar-refractivity contribution in [2.24, 2.45) is 5.92 Å². The van der Waals surface area contributed by atoms with E-state index < -0.39 is 17.9 Å². The Balaban J connectivity index is 2.12. The van der Waals surface area contributed by atoms with Crippen LogP contribution in [0.4, 0.5) is 9.59 Å². The van der Waals surface area contributed by atoms with Crippen molar-refractivity contribution >= 4 is 12.3 Å². The molecule has 1 aliphatic rings. The van der Waals surface area contributed by atoms with Crippen LogP contribution in [0.2, 0.25) is 0 Å². The van der Waals surface area contributed by atoms with E-state index in [-0.39, 0.29) is 12.2 Å². The fourth-order valence-electron chi connectivity index (χ4n) is 3.24. The van der Waals surface area contributed by atoms with E-state index in [1.807, 2.05) is 0 Å². The van der Waals surface area contributed by atoms with E-state index in [0.29, 0.717) is 13.0 Å². The molecule has 0 bridgehead atoms. The van der Waals surface area contributed by atoms with Crippen molar-refractivity contribution in [1.29, 1.82) is 0 Å². The van der Waals surface area contributed by atoms with Gasteiger partial charge in [0.1, 0.15) is 17.8 Å². The Hall–Kier alpha value is -1.46. The zero-order valence-corrected chi connectivity index (χ0v) is 18.5. The Labute approximate surface area is 170 Å². The van der Waals surface area contributed by atoms with Gasteiger partial charge in [-0.3, -0.25) is 0 Å². The number of ether oxygens (including phenoxy) is 4. The van der Waals surface area contributed by atoms with Gasteiger partial charge < -0.3 is 18.9 Å². The van der Waals surface area contributed by atoms with Gasteiger partial charge in [-0.25, -0.2) is 9.59 Å². The van der Waals surface area contributed by atoms with Gasteiger partial charge in [-0.15, -0.1) is 0 Å². The molecule has 0 heterocycles. The van der Waals surface area contributed by atoms with Crippen LogP contribution in [-0.4, -0.2) is 36.7 Å².